The Morgan fingerprint density at radius 2 is 1.93 bits per heavy atom. The Bertz CT molecular complexity index is 927. The van der Waals surface area contributed by atoms with Gasteiger partial charge in [0.05, 0.1) is 5.56 Å². The molecule has 0 radical (unpaired) electrons. The molecule has 0 bridgehead atoms. The second-order valence-electron chi connectivity index (χ2n) is 6.52. The van der Waals surface area contributed by atoms with E-state index in [1.165, 1.54) is 17.0 Å². The van der Waals surface area contributed by atoms with Gasteiger partial charge in [-0.3, -0.25) is 9.59 Å². The minimum Gasteiger partial charge on any atom is -0.482 e. The number of benzene rings is 2. The summed E-state index contributed by atoms with van der Waals surface area (Å²) < 4.78 is 19.5. The molecule has 1 heterocycles. The van der Waals surface area contributed by atoms with Crippen LogP contribution in [0.2, 0.25) is 0 Å². The molecule has 7 nitrogen and oxygen atoms in total. The molecule has 2 aromatic carbocycles. The van der Waals surface area contributed by atoms with Gasteiger partial charge < -0.3 is 20.1 Å². The molecule has 2 amide bonds. The molecular weight excluding hydrogens is 367 g/mol. The third-order valence-corrected chi connectivity index (χ3v) is 4.37. The summed E-state index contributed by atoms with van der Waals surface area (Å²) in [6.45, 7) is -0.193. The molecule has 0 fully saturated rings. The minimum atomic E-state index is -1.07. The van der Waals surface area contributed by atoms with E-state index in [9.17, 15) is 18.8 Å². The van der Waals surface area contributed by atoms with Crippen molar-refractivity contribution in [1.82, 2.24) is 4.90 Å². The number of carbonyl (C=O) groups excluding carboxylic acids is 2. The largest absolute Gasteiger partial charge is 0.482 e. The number of nitrogens with zero attached hydrogens (tertiary/aromatic N) is 1. The van der Waals surface area contributed by atoms with Crippen molar-refractivity contribution in [3.63, 3.8) is 0 Å². The van der Waals surface area contributed by atoms with E-state index in [1.807, 2.05) is 0 Å². The van der Waals surface area contributed by atoms with E-state index in [2.05, 4.69) is 5.32 Å². The standard InChI is InChI=1S/C20H19FN2O5/c1-23(10-12-2-5-14(6-3-12)28-11-19(25)26)20(27)15-8-13-4-7-18(24)22-17(13)9-16(15)21/h2-3,5-6,8-9H,4,7,10-11H2,1H3,(H,22,24)(H,25,26). The van der Waals surface area contributed by atoms with Crippen LogP contribution in [0.4, 0.5) is 10.1 Å². The second kappa shape index (κ2) is 8.08. The molecule has 0 atom stereocenters. The van der Waals surface area contributed by atoms with Crippen molar-refractivity contribution in [2.75, 3.05) is 19.0 Å². The number of fused-ring (bicyclic) bond motifs is 1. The van der Waals surface area contributed by atoms with Gasteiger partial charge >= 0.3 is 5.97 Å². The van der Waals surface area contributed by atoms with Crippen molar-refractivity contribution in [2.45, 2.75) is 19.4 Å². The summed E-state index contributed by atoms with van der Waals surface area (Å²) in [5.41, 5.74) is 1.88. The maximum absolute atomic E-state index is 14.4. The number of nitrogens with one attached hydrogen (secondary N) is 1. The van der Waals surface area contributed by atoms with E-state index < -0.39 is 24.3 Å². The highest BCUT2D eigenvalue weighted by molar-refractivity contribution is 5.98. The number of hydrogen-bond acceptors (Lipinski definition) is 4. The number of carboxylic acid groups (broad SMARTS) is 1. The van der Waals surface area contributed by atoms with Crippen LogP contribution in [0.5, 0.6) is 5.75 Å². The van der Waals surface area contributed by atoms with E-state index in [1.54, 1.807) is 31.3 Å². The number of anilines is 1. The summed E-state index contributed by atoms with van der Waals surface area (Å²) in [4.78, 5) is 36.0. The second-order valence-corrected chi connectivity index (χ2v) is 6.52. The van der Waals surface area contributed by atoms with Crippen LogP contribution < -0.4 is 10.1 Å². The number of halogens is 1. The molecule has 0 unspecified atom stereocenters. The number of aliphatic carboxylic acids is 1. The van der Waals surface area contributed by atoms with E-state index in [0.29, 0.717) is 24.3 Å². The molecule has 2 N–H and O–H groups in total. The normalized spacial score (nSPS) is 12.7. The fourth-order valence-electron chi connectivity index (χ4n) is 2.95. The number of rotatable bonds is 6. The van der Waals surface area contributed by atoms with Crippen molar-refractivity contribution in [2.24, 2.45) is 0 Å². The van der Waals surface area contributed by atoms with Gasteiger partial charge in [-0.05, 0) is 41.8 Å². The molecule has 28 heavy (non-hydrogen) atoms. The first-order valence-electron chi connectivity index (χ1n) is 8.65. The summed E-state index contributed by atoms with van der Waals surface area (Å²) in [6, 6.07) is 9.31. The van der Waals surface area contributed by atoms with Crippen LogP contribution in [0.1, 0.15) is 27.9 Å². The van der Waals surface area contributed by atoms with Crippen LogP contribution in [-0.2, 0) is 22.6 Å². The molecule has 0 aliphatic carbocycles. The van der Waals surface area contributed by atoms with Crippen LogP contribution in [0.15, 0.2) is 36.4 Å². The predicted molar refractivity (Wildman–Crippen MR) is 98.7 cm³/mol. The van der Waals surface area contributed by atoms with Gasteiger partial charge in [-0.1, -0.05) is 12.1 Å². The summed E-state index contributed by atoms with van der Waals surface area (Å²) in [6.07, 6.45) is 0.766. The number of hydrogen-bond donors (Lipinski definition) is 2. The summed E-state index contributed by atoms with van der Waals surface area (Å²) in [5, 5.41) is 11.2. The third kappa shape index (κ3) is 4.46. The highest BCUT2D eigenvalue weighted by Crippen LogP contribution is 2.26. The first kappa shape index (κ1) is 19.3. The Labute approximate surface area is 160 Å². The Balaban J connectivity index is 1.69. The zero-order valence-corrected chi connectivity index (χ0v) is 15.2. The van der Waals surface area contributed by atoms with Gasteiger partial charge in [-0.2, -0.15) is 0 Å². The summed E-state index contributed by atoms with van der Waals surface area (Å²) >= 11 is 0. The van der Waals surface area contributed by atoms with Crippen LogP contribution in [0, 0.1) is 5.82 Å². The fourth-order valence-corrected chi connectivity index (χ4v) is 2.95. The summed E-state index contributed by atoms with van der Waals surface area (Å²) in [5.74, 6) is -1.98. The van der Waals surface area contributed by atoms with Gasteiger partial charge in [0.15, 0.2) is 6.61 Å². The predicted octanol–water partition coefficient (Wildman–Crippen LogP) is 2.45. The van der Waals surface area contributed by atoms with Crippen molar-refractivity contribution < 1.29 is 28.6 Å². The van der Waals surface area contributed by atoms with Gasteiger partial charge in [0, 0.05) is 25.7 Å². The molecular formula is C20H19FN2O5. The van der Waals surface area contributed by atoms with Crippen LogP contribution in [0.3, 0.4) is 0 Å². The monoisotopic (exact) mass is 386 g/mol. The molecule has 8 heteroatoms. The number of aryl methyl sites for hydroxylation is 1. The highest BCUT2D eigenvalue weighted by atomic mass is 19.1. The average molecular weight is 386 g/mol. The van der Waals surface area contributed by atoms with Gasteiger partial charge in [0.2, 0.25) is 5.91 Å². The molecule has 3 rings (SSSR count). The fraction of sp³-hybridized carbons (Fsp3) is 0.250. The van der Waals surface area contributed by atoms with Gasteiger partial charge in [-0.25, -0.2) is 9.18 Å². The number of amides is 2. The minimum absolute atomic E-state index is 0.0428. The average Bonchev–Trinajstić information content (AvgIpc) is 2.66. The van der Waals surface area contributed by atoms with Gasteiger partial charge in [0.25, 0.3) is 5.91 Å². The molecule has 0 saturated heterocycles. The first-order valence-corrected chi connectivity index (χ1v) is 8.65. The zero-order valence-electron chi connectivity index (χ0n) is 15.2. The highest BCUT2D eigenvalue weighted by Gasteiger charge is 2.22. The smallest absolute Gasteiger partial charge is 0.341 e. The van der Waals surface area contributed by atoms with Crippen LogP contribution in [-0.4, -0.2) is 41.4 Å². The van der Waals surface area contributed by atoms with E-state index in [4.69, 9.17) is 9.84 Å². The molecule has 2 aromatic rings. The lowest BCUT2D eigenvalue weighted by atomic mass is 9.99. The molecule has 0 aromatic heterocycles. The lowest BCUT2D eigenvalue weighted by molar-refractivity contribution is -0.139. The number of ether oxygens (including phenoxy) is 1. The van der Waals surface area contributed by atoms with Crippen molar-refractivity contribution in [3.05, 3.63) is 58.9 Å². The van der Waals surface area contributed by atoms with E-state index in [-0.39, 0.29) is 18.0 Å². The van der Waals surface area contributed by atoms with Gasteiger partial charge in [-0.15, -0.1) is 0 Å². The zero-order chi connectivity index (χ0) is 20.3. The Morgan fingerprint density at radius 3 is 2.61 bits per heavy atom. The van der Waals surface area contributed by atoms with Crippen LogP contribution >= 0.6 is 0 Å². The topological polar surface area (TPSA) is 95.9 Å². The number of carboxylic acids is 1. The lowest BCUT2D eigenvalue weighted by Gasteiger charge is -2.21. The van der Waals surface area contributed by atoms with Gasteiger partial charge in [0.1, 0.15) is 11.6 Å². The Kier molecular flexibility index (Phi) is 5.58. The van der Waals surface area contributed by atoms with E-state index >= 15 is 0 Å². The third-order valence-electron chi connectivity index (χ3n) is 4.37. The summed E-state index contributed by atoms with van der Waals surface area (Å²) in [7, 11) is 1.57. The molecule has 0 spiro atoms. The maximum atomic E-state index is 14.4. The van der Waals surface area contributed by atoms with Crippen molar-refractivity contribution >= 4 is 23.5 Å². The lowest BCUT2D eigenvalue weighted by Crippen LogP contribution is -2.28. The molecule has 146 valence electrons. The molecule has 1 aliphatic rings. The number of carbonyl (C=O) groups is 3. The molecule has 1 aliphatic heterocycles. The van der Waals surface area contributed by atoms with Crippen molar-refractivity contribution in [3.8, 4) is 5.75 Å². The first-order chi connectivity index (χ1) is 13.3. The Morgan fingerprint density at radius 1 is 1.21 bits per heavy atom. The van der Waals surface area contributed by atoms with E-state index in [0.717, 1.165) is 11.1 Å². The molecule has 0 saturated carbocycles. The van der Waals surface area contributed by atoms with Crippen LogP contribution in [0.25, 0.3) is 0 Å². The van der Waals surface area contributed by atoms with Crippen molar-refractivity contribution in [1.29, 1.82) is 0 Å². The quantitative estimate of drug-likeness (QED) is 0.795. The maximum Gasteiger partial charge on any atom is 0.341 e. The SMILES string of the molecule is CN(Cc1ccc(OCC(=O)O)cc1)C(=O)c1cc2c(cc1F)NC(=O)CC2. The Hall–Kier alpha value is -3.42.